The number of benzene rings is 1. The molecule has 1 aromatic carbocycles. The lowest BCUT2D eigenvalue weighted by molar-refractivity contribution is 0.0777. The first kappa shape index (κ1) is 14.5. The van der Waals surface area contributed by atoms with Crippen LogP contribution in [0.1, 0.15) is 16.9 Å². The summed E-state index contributed by atoms with van der Waals surface area (Å²) < 4.78 is 0. The molecule has 0 radical (unpaired) electrons. The molecule has 4 nitrogen and oxygen atoms in total. The first-order valence-electron chi connectivity index (χ1n) is 6.79. The van der Waals surface area contributed by atoms with E-state index in [1.807, 2.05) is 24.3 Å². The van der Waals surface area contributed by atoms with Crippen LogP contribution in [0.3, 0.4) is 0 Å². The van der Waals surface area contributed by atoms with Gasteiger partial charge in [-0.2, -0.15) is 0 Å². The maximum absolute atomic E-state index is 12.4. The van der Waals surface area contributed by atoms with Gasteiger partial charge in [0.1, 0.15) is 10.7 Å². The Balaban J connectivity index is 1.77. The molecule has 1 aliphatic rings. The number of hydrogen-bond donors (Lipinski definition) is 1. The van der Waals surface area contributed by atoms with Gasteiger partial charge >= 0.3 is 0 Å². The molecule has 6 heteroatoms. The highest BCUT2D eigenvalue weighted by atomic mass is 35.5. The minimum absolute atomic E-state index is 0.0597. The molecular weight excluding hydrogens is 308 g/mol. The summed E-state index contributed by atoms with van der Waals surface area (Å²) >= 11 is 7.42. The lowest BCUT2D eigenvalue weighted by Crippen LogP contribution is -2.29. The van der Waals surface area contributed by atoms with Gasteiger partial charge in [0.25, 0.3) is 5.91 Å². The molecule has 1 N–H and O–H groups in total. The van der Waals surface area contributed by atoms with E-state index < -0.39 is 0 Å². The van der Waals surface area contributed by atoms with Crippen molar-refractivity contribution < 1.29 is 9.90 Å². The molecule has 1 aliphatic heterocycles. The Morgan fingerprint density at radius 2 is 2.38 bits per heavy atom. The molecule has 2 heterocycles. The summed E-state index contributed by atoms with van der Waals surface area (Å²) in [6, 6.07) is 7.44. The Hall–Kier alpha value is -1.43. The molecule has 1 saturated heterocycles. The summed E-state index contributed by atoms with van der Waals surface area (Å²) in [6.45, 7) is 1.43. The van der Waals surface area contributed by atoms with Crippen LogP contribution >= 0.6 is 22.9 Å². The number of hydrogen-bond acceptors (Lipinski definition) is 4. The number of aliphatic hydroxyl groups is 1. The van der Waals surface area contributed by atoms with E-state index in [1.54, 1.807) is 10.3 Å². The fourth-order valence-electron chi connectivity index (χ4n) is 2.45. The molecule has 110 valence electrons. The van der Waals surface area contributed by atoms with E-state index in [1.165, 1.54) is 11.3 Å². The van der Waals surface area contributed by atoms with E-state index in [0.29, 0.717) is 23.8 Å². The second kappa shape index (κ2) is 6.13. The van der Waals surface area contributed by atoms with Gasteiger partial charge in [0, 0.05) is 41.6 Å². The lowest BCUT2D eigenvalue weighted by atomic mass is 10.1. The molecule has 1 unspecified atom stereocenters. The van der Waals surface area contributed by atoms with Crippen molar-refractivity contribution in [3.63, 3.8) is 0 Å². The molecule has 0 spiro atoms. The summed E-state index contributed by atoms with van der Waals surface area (Å²) in [6.07, 6.45) is 0.855. The van der Waals surface area contributed by atoms with Gasteiger partial charge in [-0.05, 0) is 18.6 Å². The molecule has 21 heavy (non-hydrogen) atoms. The molecule has 0 bridgehead atoms. The predicted molar refractivity (Wildman–Crippen MR) is 83.7 cm³/mol. The standard InChI is InChI=1S/C15H15ClN2O2S/c16-12-3-1-2-11(6-12)14-17-13(9-21-14)15(20)18-5-4-10(7-18)8-19/h1-3,6,9-10,19H,4-5,7-8H2. The Bertz CT molecular complexity index is 659. The number of amides is 1. The number of nitrogens with zero attached hydrogens (tertiary/aromatic N) is 2. The zero-order valence-corrected chi connectivity index (χ0v) is 12.9. The molecule has 1 aromatic heterocycles. The zero-order chi connectivity index (χ0) is 14.8. The Kier molecular flexibility index (Phi) is 4.24. The van der Waals surface area contributed by atoms with Crippen molar-refractivity contribution in [3.8, 4) is 10.6 Å². The number of thiazole rings is 1. The summed E-state index contributed by atoms with van der Waals surface area (Å²) in [7, 11) is 0. The summed E-state index contributed by atoms with van der Waals surface area (Å²) in [5.74, 6) is 0.135. The predicted octanol–water partition coefficient (Wildman–Crippen LogP) is 2.92. The highest BCUT2D eigenvalue weighted by Crippen LogP contribution is 2.27. The van der Waals surface area contributed by atoms with Crippen molar-refractivity contribution in [2.45, 2.75) is 6.42 Å². The second-order valence-electron chi connectivity index (χ2n) is 5.14. The molecule has 2 aromatic rings. The van der Waals surface area contributed by atoms with Crippen LogP contribution in [0.2, 0.25) is 5.02 Å². The van der Waals surface area contributed by atoms with Crippen LogP contribution in [0.5, 0.6) is 0 Å². The third-order valence-electron chi connectivity index (χ3n) is 3.63. The van der Waals surface area contributed by atoms with Crippen molar-refractivity contribution in [1.82, 2.24) is 9.88 Å². The van der Waals surface area contributed by atoms with Crippen LogP contribution in [-0.2, 0) is 0 Å². The largest absolute Gasteiger partial charge is 0.396 e. The van der Waals surface area contributed by atoms with E-state index in [4.69, 9.17) is 16.7 Å². The monoisotopic (exact) mass is 322 g/mol. The summed E-state index contributed by atoms with van der Waals surface area (Å²) in [4.78, 5) is 18.6. The quantitative estimate of drug-likeness (QED) is 0.945. The molecule has 1 atom stereocenters. The first-order chi connectivity index (χ1) is 10.2. The number of halogens is 1. The lowest BCUT2D eigenvalue weighted by Gasteiger charge is -2.14. The summed E-state index contributed by atoms with van der Waals surface area (Å²) in [5, 5.41) is 12.4. The van der Waals surface area contributed by atoms with Crippen molar-refractivity contribution in [1.29, 1.82) is 0 Å². The van der Waals surface area contributed by atoms with Gasteiger partial charge in [0.05, 0.1) is 0 Å². The third kappa shape index (κ3) is 3.10. The van der Waals surface area contributed by atoms with E-state index in [-0.39, 0.29) is 18.4 Å². The van der Waals surface area contributed by atoms with Crippen LogP contribution in [0.25, 0.3) is 10.6 Å². The minimum Gasteiger partial charge on any atom is -0.396 e. The molecule has 3 rings (SSSR count). The highest BCUT2D eigenvalue weighted by molar-refractivity contribution is 7.13. The van der Waals surface area contributed by atoms with E-state index in [2.05, 4.69) is 4.98 Å². The van der Waals surface area contributed by atoms with Crippen LogP contribution in [-0.4, -0.2) is 40.6 Å². The summed E-state index contributed by atoms with van der Waals surface area (Å²) in [5.41, 5.74) is 1.38. The number of carbonyl (C=O) groups excluding carboxylic acids is 1. The van der Waals surface area contributed by atoms with Crippen LogP contribution in [0.4, 0.5) is 0 Å². The molecule has 1 fully saturated rings. The molecule has 1 amide bonds. The normalized spacial score (nSPS) is 18.2. The minimum atomic E-state index is -0.0597. The average Bonchev–Trinajstić information content (AvgIpc) is 3.16. The van der Waals surface area contributed by atoms with Crippen molar-refractivity contribution in [2.24, 2.45) is 5.92 Å². The van der Waals surface area contributed by atoms with Crippen molar-refractivity contribution >= 4 is 28.8 Å². The van der Waals surface area contributed by atoms with Gasteiger partial charge in [-0.3, -0.25) is 4.79 Å². The van der Waals surface area contributed by atoms with Gasteiger partial charge in [0.2, 0.25) is 0 Å². The number of aromatic nitrogens is 1. The number of likely N-dealkylation sites (tertiary alicyclic amines) is 1. The number of carbonyl (C=O) groups is 1. The topological polar surface area (TPSA) is 53.4 Å². The molecule has 0 saturated carbocycles. The fourth-order valence-corrected chi connectivity index (χ4v) is 3.44. The third-order valence-corrected chi connectivity index (χ3v) is 4.75. The van der Waals surface area contributed by atoms with Gasteiger partial charge in [-0.25, -0.2) is 4.98 Å². The van der Waals surface area contributed by atoms with Crippen molar-refractivity contribution in [2.75, 3.05) is 19.7 Å². The molecular formula is C15H15ClN2O2S. The van der Waals surface area contributed by atoms with Gasteiger partial charge in [0.15, 0.2) is 0 Å². The van der Waals surface area contributed by atoms with E-state index in [0.717, 1.165) is 17.0 Å². The van der Waals surface area contributed by atoms with E-state index >= 15 is 0 Å². The average molecular weight is 323 g/mol. The molecule has 0 aliphatic carbocycles. The Morgan fingerprint density at radius 1 is 1.52 bits per heavy atom. The highest BCUT2D eigenvalue weighted by Gasteiger charge is 2.27. The first-order valence-corrected chi connectivity index (χ1v) is 8.04. The number of rotatable bonds is 3. The van der Waals surface area contributed by atoms with Crippen LogP contribution in [0.15, 0.2) is 29.6 Å². The van der Waals surface area contributed by atoms with Crippen LogP contribution in [0, 0.1) is 5.92 Å². The smallest absolute Gasteiger partial charge is 0.273 e. The van der Waals surface area contributed by atoms with Crippen LogP contribution < -0.4 is 0 Å². The number of aliphatic hydroxyl groups excluding tert-OH is 1. The van der Waals surface area contributed by atoms with Gasteiger partial charge < -0.3 is 10.0 Å². The van der Waals surface area contributed by atoms with E-state index in [9.17, 15) is 4.79 Å². The SMILES string of the molecule is O=C(c1csc(-c2cccc(Cl)c2)n1)N1CCC(CO)C1. The second-order valence-corrected chi connectivity index (χ2v) is 6.43. The van der Waals surface area contributed by atoms with Crippen molar-refractivity contribution in [3.05, 3.63) is 40.4 Å². The fraction of sp³-hybridized carbons (Fsp3) is 0.333. The zero-order valence-electron chi connectivity index (χ0n) is 11.3. The Labute approximate surface area is 132 Å². The Morgan fingerprint density at radius 3 is 3.10 bits per heavy atom. The maximum atomic E-state index is 12.4. The van der Waals surface area contributed by atoms with Gasteiger partial charge in [-0.15, -0.1) is 11.3 Å². The van der Waals surface area contributed by atoms with Gasteiger partial charge in [-0.1, -0.05) is 23.7 Å². The maximum Gasteiger partial charge on any atom is 0.273 e.